The number of hydrogen-bond acceptors (Lipinski definition) is 5. The van der Waals surface area contributed by atoms with Crippen LogP contribution in [-0.2, 0) is 7.05 Å². The van der Waals surface area contributed by atoms with E-state index < -0.39 is 0 Å². The van der Waals surface area contributed by atoms with Gasteiger partial charge < -0.3 is 5.73 Å². The van der Waals surface area contributed by atoms with Crippen LogP contribution in [0.25, 0.3) is 28.3 Å². The molecule has 0 amide bonds. The predicted octanol–water partition coefficient (Wildman–Crippen LogP) is 2.54. The van der Waals surface area contributed by atoms with Gasteiger partial charge in [0.2, 0.25) is 0 Å². The molecule has 1 atom stereocenters. The zero-order valence-corrected chi connectivity index (χ0v) is 15.9. The Kier molecular flexibility index (Phi) is 4.18. The van der Waals surface area contributed by atoms with E-state index in [0.29, 0.717) is 6.54 Å². The van der Waals surface area contributed by atoms with Crippen molar-refractivity contribution in [3.63, 3.8) is 0 Å². The molecule has 4 aromatic heterocycles. The topological polar surface area (TPSA) is 91.9 Å². The molecule has 0 aliphatic carbocycles. The van der Waals surface area contributed by atoms with Crippen molar-refractivity contribution in [2.24, 2.45) is 12.8 Å². The molecule has 0 saturated carbocycles. The number of fused-ring (bicyclic) bond motifs is 1. The van der Waals surface area contributed by atoms with Gasteiger partial charge in [0.25, 0.3) is 0 Å². The summed E-state index contributed by atoms with van der Waals surface area (Å²) in [5.41, 5.74) is 10.7. The van der Waals surface area contributed by atoms with Crippen LogP contribution in [0.1, 0.15) is 11.6 Å². The van der Waals surface area contributed by atoms with Gasteiger partial charge in [0.05, 0.1) is 29.7 Å². The minimum atomic E-state index is -0.0373. The van der Waals surface area contributed by atoms with Gasteiger partial charge in [-0.15, -0.1) is 0 Å². The van der Waals surface area contributed by atoms with Crippen molar-refractivity contribution >= 4 is 5.65 Å². The molecule has 0 bridgehead atoms. The number of nitrogens with zero attached hydrogens (tertiary/aromatic N) is 7. The highest BCUT2D eigenvalue weighted by molar-refractivity contribution is 5.68. The van der Waals surface area contributed by atoms with E-state index in [0.717, 1.165) is 33.9 Å². The van der Waals surface area contributed by atoms with Crippen molar-refractivity contribution in [2.45, 2.75) is 6.04 Å². The first-order valence-electron chi connectivity index (χ1n) is 9.35. The summed E-state index contributed by atoms with van der Waals surface area (Å²) in [6.45, 7) is 0.453. The Morgan fingerprint density at radius 2 is 1.86 bits per heavy atom. The Hall–Kier alpha value is -3.78. The van der Waals surface area contributed by atoms with Crippen LogP contribution in [0.5, 0.6) is 0 Å². The van der Waals surface area contributed by atoms with Crippen LogP contribution >= 0.6 is 0 Å². The Labute approximate surface area is 167 Å². The number of aryl methyl sites for hydroxylation is 1. The molecule has 0 saturated heterocycles. The third-order valence-electron chi connectivity index (χ3n) is 4.98. The van der Waals surface area contributed by atoms with Crippen LogP contribution in [-0.4, -0.2) is 40.5 Å². The molecule has 1 unspecified atom stereocenters. The number of nitrogens with two attached hydrogens (primary N) is 1. The lowest BCUT2D eigenvalue weighted by Crippen LogP contribution is -2.20. The number of hydrogen-bond donors (Lipinski definition) is 1. The summed E-state index contributed by atoms with van der Waals surface area (Å²) < 4.78 is 5.61. The molecule has 144 valence electrons. The van der Waals surface area contributed by atoms with Crippen molar-refractivity contribution < 1.29 is 0 Å². The van der Waals surface area contributed by atoms with Crippen LogP contribution in [0, 0.1) is 0 Å². The highest BCUT2D eigenvalue weighted by Gasteiger charge is 2.17. The largest absolute Gasteiger partial charge is 0.328 e. The van der Waals surface area contributed by atoms with Crippen LogP contribution in [0.4, 0.5) is 0 Å². The van der Waals surface area contributed by atoms with Crippen LogP contribution in [0.15, 0.2) is 73.6 Å². The Morgan fingerprint density at radius 3 is 2.62 bits per heavy atom. The molecule has 29 heavy (non-hydrogen) atoms. The van der Waals surface area contributed by atoms with E-state index >= 15 is 0 Å². The van der Waals surface area contributed by atoms with Gasteiger partial charge in [0, 0.05) is 50.0 Å². The minimum Gasteiger partial charge on any atom is -0.328 e. The molecule has 0 aliphatic heterocycles. The molecule has 1 aromatic carbocycles. The fourth-order valence-electron chi connectivity index (χ4n) is 3.52. The van der Waals surface area contributed by atoms with Gasteiger partial charge >= 0.3 is 0 Å². The number of rotatable bonds is 5. The summed E-state index contributed by atoms with van der Waals surface area (Å²) in [6, 6.07) is 12.1. The summed E-state index contributed by atoms with van der Waals surface area (Å²) in [5.74, 6) is 0.772. The van der Waals surface area contributed by atoms with Crippen molar-refractivity contribution in [3.05, 3.63) is 79.1 Å². The second-order valence-electron chi connectivity index (χ2n) is 6.89. The van der Waals surface area contributed by atoms with Crippen LogP contribution in [0.3, 0.4) is 0 Å². The maximum atomic E-state index is 6.06. The lowest BCUT2D eigenvalue weighted by Gasteiger charge is -2.15. The first-order valence-corrected chi connectivity index (χ1v) is 9.35. The van der Waals surface area contributed by atoms with Crippen molar-refractivity contribution in [1.82, 2.24) is 33.9 Å². The minimum absolute atomic E-state index is 0.0373. The summed E-state index contributed by atoms with van der Waals surface area (Å²) in [4.78, 5) is 9.34. The summed E-state index contributed by atoms with van der Waals surface area (Å²) in [7, 11) is 1.89. The lowest BCUT2D eigenvalue weighted by molar-refractivity contribution is 0.532. The molecule has 4 heterocycles. The third kappa shape index (κ3) is 3.09. The Balaban J connectivity index is 1.60. The van der Waals surface area contributed by atoms with Gasteiger partial charge in [0.1, 0.15) is 11.5 Å². The SMILES string of the molecule is Cn1cc(-c2cc3nccn3c(-c3cnn(C(CN)c4ccccc4)c3)n2)cn1. The smallest absolute Gasteiger partial charge is 0.149 e. The number of aromatic nitrogens is 7. The van der Waals surface area contributed by atoms with Gasteiger partial charge in [-0.25, -0.2) is 9.97 Å². The molecule has 0 aliphatic rings. The average Bonchev–Trinajstić information content (AvgIpc) is 3.49. The summed E-state index contributed by atoms with van der Waals surface area (Å²) in [5, 5.41) is 8.84. The normalized spacial score (nSPS) is 12.5. The van der Waals surface area contributed by atoms with E-state index in [2.05, 4.69) is 27.3 Å². The van der Waals surface area contributed by atoms with E-state index in [1.165, 1.54) is 0 Å². The molecule has 0 fully saturated rings. The average molecular weight is 384 g/mol. The monoisotopic (exact) mass is 384 g/mol. The Bertz CT molecular complexity index is 1260. The Morgan fingerprint density at radius 1 is 1.03 bits per heavy atom. The third-order valence-corrected chi connectivity index (χ3v) is 4.98. The maximum Gasteiger partial charge on any atom is 0.149 e. The molecule has 8 heteroatoms. The highest BCUT2D eigenvalue weighted by atomic mass is 15.3. The zero-order valence-electron chi connectivity index (χ0n) is 15.9. The van der Waals surface area contributed by atoms with E-state index in [-0.39, 0.29) is 6.04 Å². The molecular formula is C21H20N8. The molecule has 0 radical (unpaired) electrons. The maximum absolute atomic E-state index is 6.06. The van der Waals surface area contributed by atoms with Gasteiger partial charge in [-0.3, -0.25) is 13.8 Å². The summed E-state index contributed by atoms with van der Waals surface area (Å²) >= 11 is 0. The fraction of sp³-hybridized carbons (Fsp3) is 0.143. The van der Waals surface area contributed by atoms with Gasteiger partial charge in [-0.2, -0.15) is 10.2 Å². The quantitative estimate of drug-likeness (QED) is 0.503. The number of imidazole rings is 1. The first kappa shape index (κ1) is 17.3. The van der Waals surface area contributed by atoms with Crippen LogP contribution < -0.4 is 5.73 Å². The number of benzene rings is 1. The second kappa shape index (κ2) is 6.99. The second-order valence-corrected chi connectivity index (χ2v) is 6.89. The van der Waals surface area contributed by atoms with Gasteiger partial charge in [0.15, 0.2) is 0 Å². The standard InChI is InChI=1S/C21H20N8/c1-27-13-16(11-24-27)18-9-20-23-7-8-28(20)21(26-18)17-12-25-29(14-17)19(10-22)15-5-3-2-4-6-15/h2-9,11-14,19H,10,22H2,1H3. The lowest BCUT2D eigenvalue weighted by atomic mass is 10.1. The van der Waals surface area contributed by atoms with Gasteiger partial charge in [-0.1, -0.05) is 30.3 Å². The van der Waals surface area contributed by atoms with E-state index in [1.54, 1.807) is 17.1 Å². The van der Waals surface area contributed by atoms with E-state index in [1.807, 2.05) is 65.2 Å². The van der Waals surface area contributed by atoms with Crippen molar-refractivity contribution in [1.29, 1.82) is 0 Å². The predicted molar refractivity (Wildman–Crippen MR) is 110 cm³/mol. The van der Waals surface area contributed by atoms with Crippen molar-refractivity contribution in [2.75, 3.05) is 6.54 Å². The van der Waals surface area contributed by atoms with Crippen LogP contribution in [0.2, 0.25) is 0 Å². The summed E-state index contributed by atoms with van der Waals surface area (Å²) in [6.07, 6.45) is 11.2. The molecule has 8 nitrogen and oxygen atoms in total. The molecular weight excluding hydrogens is 364 g/mol. The molecule has 5 rings (SSSR count). The molecule has 2 N–H and O–H groups in total. The first-order chi connectivity index (χ1) is 14.2. The van der Waals surface area contributed by atoms with E-state index in [9.17, 15) is 0 Å². The van der Waals surface area contributed by atoms with E-state index in [4.69, 9.17) is 10.7 Å². The molecule has 0 spiro atoms. The molecule has 5 aromatic rings. The highest BCUT2D eigenvalue weighted by Crippen LogP contribution is 2.26. The fourth-order valence-corrected chi connectivity index (χ4v) is 3.52. The van der Waals surface area contributed by atoms with Gasteiger partial charge in [-0.05, 0) is 5.56 Å². The zero-order chi connectivity index (χ0) is 19.8. The van der Waals surface area contributed by atoms with Crippen molar-refractivity contribution in [3.8, 4) is 22.6 Å².